The first-order valence-corrected chi connectivity index (χ1v) is 7.78. The summed E-state index contributed by atoms with van der Waals surface area (Å²) in [5.74, 6) is 1.05. The summed E-state index contributed by atoms with van der Waals surface area (Å²) in [5.41, 5.74) is 0.751. The molecular formula is C16H19N5O4. The van der Waals surface area contributed by atoms with E-state index in [1.807, 2.05) is 18.2 Å². The maximum atomic E-state index is 12.3. The van der Waals surface area contributed by atoms with Crippen LogP contribution in [-0.2, 0) is 11.3 Å². The number of aromatic nitrogens is 2. The standard InChI is InChI=1S/C16H19N5O4/c1-20(9-14-17-10-25-19-14)16(23)18-11-6-15(22)21(8-11)12-4-3-5-13(7-12)24-2/h3-5,7,10-11H,6,8-9H2,1-2H3,(H,18,23)/t11-/m0/s1. The average molecular weight is 345 g/mol. The van der Waals surface area contributed by atoms with Crippen LogP contribution in [0.2, 0.25) is 0 Å². The van der Waals surface area contributed by atoms with Gasteiger partial charge in [0, 0.05) is 31.8 Å². The van der Waals surface area contributed by atoms with Gasteiger partial charge in [0.25, 0.3) is 0 Å². The van der Waals surface area contributed by atoms with Gasteiger partial charge < -0.3 is 24.4 Å². The third-order valence-electron chi connectivity index (χ3n) is 3.95. The first-order chi connectivity index (χ1) is 12.1. The fraction of sp³-hybridized carbons (Fsp3) is 0.375. The Labute approximate surface area is 144 Å². The van der Waals surface area contributed by atoms with Gasteiger partial charge in [-0.3, -0.25) is 4.79 Å². The van der Waals surface area contributed by atoms with E-state index in [0.29, 0.717) is 18.1 Å². The lowest BCUT2D eigenvalue weighted by atomic mass is 10.2. The minimum absolute atomic E-state index is 0.0422. The first kappa shape index (κ1) is 16.7. The second-order valence-corrected chi connectivity index (χ2v) is 5.76. The number of carbonyl (C=O) groups is 2. The molecule has 1 fully saturated rings. The summed E-state index contributed by atoms with van der Waals surface area (Å²) in [5, 5.41) is 6.53. The summed E-state index contributed by atoms with van der Waals surface area (Å²) in [6, 6.07) is 6.72. The molecule has 0 radical (unpaired) electrons. The number of hydrogen-bond donors (Lipinski definition) is 1. The van der Waals surface area contributed by atoms with Crippen LogP contribution in [0.1, 0.15) is 12.2 Å². The zero-order chi connectivity index (χ0) is 17.8. The van der Waals surface area contributed by atoms with Crippen molar-refractivity contribution in [1.29, 1.82) is 0 Å². The molecular weight excluding hydrogens is 326 g/mol. The van der Waals surface area contributed by atoms with E-state index < -0.39 is 0 Å². The van der Waals surface area contributed by atoms with Gasteiger partial charge in [-0.2, -0.15) is 4.98 Å². The van der Waals surface area contributed by atoms with E-state index in [1.165, 1.54) is 11.3 Å². The second kappa shape index (κ2) is 7.20. The van der Waals surface area contributed by atoms with Crippen molar-refractivity contribution in [2.75, 3.05) is 25.6 Å². The summed E-state index contributed by atoms with van der Waals surface area (Å²) in [4.78, 5) is 31.5. The first-order valence-electron chi connectivity index (χ1n) is 7.78. The molecule has 1 aliphatic rings. The van der Waals surface area contributed by atoms with Crippen molar-refractivity contribution in [3.8, 4) is 5.75 Å². The molecule has 1 aromatic heterocycles. The Balaban J connectivity index is 1.59. The molecule has 2 heterocycles. The summed E-state index contributed by atoms with van der Waals surface area (Å²) >= 11 is 0. The Bertz CT molecular complexity index is 749. The fourth-order valence-corrected chi connectivity index (χ4v) is 2.66. The summed E-state index contributed by atoms with van der Waals surface area (Å²) in [6.45, 7) is 0.635. The van der Waals surface area contributed by atoms with Crippen molar-refractivity contribution in [2.45, 2.75) is 19.0 Å². The smallest absolute Gasteiger partial charge is 0.317 e. The monoisotopic (exact) mass is 345 g/mol. The predicted molar refractivity (Wildman–Crippen MR) is 88.0 cm³/mol. The molecule has 1 aromatic carbocycles. The Hall–Kier alpha value is -3.10. The van der Waals surface area contributed by atoms with E-state index in [-0.39, 0.29) is 30.9 Å². The molecule has 3 rings (SSSR count). The predicted octanol–water partition coefficient (Wildman–Crippen LogP) is 1.03. The molecule has 1 aliphatic heterocycles. The molecule has 3 amide bonds. The lowest BCUT2D eigenvalue weighted by Crippen LogP contribution is -2.44. The van der Waals surface area contributed by atoms with E-state index in [9.17, 15) is 9.59 Å². The molecule has 1 N–H and O–H groups in total. The molecule has 0 unspecified atom stereocenters. The van der Waals surface area contributed by atoms with Gasteiger partial charge in [0.05, 0.1) is 19.7 Å². The molecule has 9 nitrogen and oxygen atoms in total. The topological polar surface area (TPSA) is 101 Å². The Morgan fingerprint density at radius 2 is 2.36 bits per heavy atom. The number of ether oxygens (including phenoxy) is 1. The largest absolute Gasteiger partial charge is 0.497 e. The minimum Gasteiger partial charge on any atom is -0.497 e. The van der Waals surface area contributed by atoms with E-state index >= 15 is 0 Å². The van der Waals surface area contributed by atoms with Crippen molar-refractivity contribution in [3.05, 3.63) is 36.5 Å². The number of rotatable bonds is 5. The Kier molecular flexibility index (Phi) is 4.82. The maximum absolute atomic E-state index is 12.3. The molecule has 0 aliphatic carbocycles. The zero-order valence-corrected chi connectivity index (χ0v) is 14.0. The van der Waals surface area contributed by atoms with Crippen LogP contribution >= 0.6 is 0 Å². The van der Waals surface area contributed by atoms with E-state index in [2.05, 4.69) is 20.0 Å². The SMILES string of the molecule is COc1cccc(N2C[C@@H](NC(=O)N(C)Cc3ncon3)CC2=O)c1. The van der Waals surface area contributed by atoms with Crippen molar-refractivity contribution < 1.29 is 18.8 Å². The number of carbonyl (C=O) groups excluding carboxylic acids is 2. The lowest BCUT2D eigenvalue weighted by Gasteiger charge is -2.20. The molecule has 2 aromatic rings. The van der Waals surface area contributed by atoms with Crippen LogP contribution in [0.3, 0.4) is 0 Å². The highest BCUT2D eigenvalue weighted by molar-refractivity contribution is 5.97. The molecule has 25 heavy (non-hydrogen) atoms. The van der Waals surface area contributed by atoms with E-state index in [4.69, 9.17) is 4.74 Å². The highest BCUT2D eigenvalue weighted by Gasteiger charge is 2.32. The number of anilines is 1. The van der Waals surface area contributed by atoms with Crippen LogP contribution in [-0.4, -0.2) is 53.7 Å². The summed E-state index contributed by atoms with van der Waals surface area (Å²) < 4.78 is 9.83. The van der Waals surface area contributed by atoms with Gasteiger partial charge in [-0.25, -0.2) is 4.79 Å². The highest BCUT2D eigenvalue weighted by Crippen LogP contribution is 2.25. The number of methoxy groups -OCH3 is 1. The van der Waals surface area contributed by atoms with Gasteiger partial charge in [-0.15, -0.1) is 0 Å². The molecule has 1 saturated heterocycles. The molecule has 0 bridgehead atoms. The minimum atomic E-state index is -0.296. The van der Waals surface area contributed by atoms with E-state index in [1.54, 1.807) is 25.1 Å². The molecule has 0 spiro atoms. The third-order valence-corrected chi connectivity index (χ3v) is 3.95. The van der Waals surface area contributed by atoms with Crippen molar-refractivity contribution in [1.82, 2.24) is 20.4 Å². The number of hydrogen-bond acceptors (Lipinski definition) is 6. The highest BCUT2D eigenvalue weighted by atomic mass is 16.5. The second-order valence-electron chi connectivity index (χ2n) is 5.76. The average Bonchev–Trinajstić information content (AvgIpc) is 3.24. The van der Waals surface area contributed by atoms with Crippen LogP contribution < -0.4 is 15.0 Å². The van der Waals surface area contributed by atoms with Gasteiger partial charge in [0.1, 0.15) is 5.75 Å². The molecule has 132 valence electrons. The summed E-state index contributed by atoms with van der Waals surface area (Å²) in [7, 11) is 3.20. The van der Waals surface area contributed by atoms with Crippen molar-refractivity contribution >= 4 is 17.6 Å². The summed E-state index contributed by atoms with van der Waals surface area (Å²) in [6.07, 6.45) is 1.46. The van der Waals surface area contributed by atoms with Gasteiger partial charge in [0.2, 0.25) is 12.3 Å². The molecule has 0 saturated carbocycles. The van der Waals surface area contributed by atoms with Crippen LogP contribution in [0, 0.1) is 0 Å². The van der Waals surface area contributed by atoms with Crippen LogP contribution in [0.15, 0.2) is 35.2 Å². The Morgan fingerprint density at radius 1 is 1.52 bits per heavy atom. The number of amides is 3. The number of urea groups is 1. The quantitative estimate of drug-likeness (QED) is 0.868. The molecule has 1 atom stereocenters. The Morgan fingerprint density at radius 3 is 3.08 bits per heavy atom. The third kappa shape index (κ3) is 3.87. The molecule has 9 heteroatoms. The number of nitrogens with one attached hydrogen (secondary N) is 1. The van der Waals surface area contributed by atoms with Gasteiger partial charge in [-0.05, 0) is 12.1 Å². The van der Waals surface area contributed by atoms with Crippen LogP contribution in [0.25, 0.3) is 0 Å². The van der Waals surface area contributed by atoms with Gasteiger partial charge in [0.15, 0.2) is 5.82 Å². The van der Waals surface area contributed by atoms with E-state index in [0.717, 1.165) is 5.69 Å². The number of nitrogens with zero attached hydrogens (tertiary/aromatic N) is 4. The normalized spacial score (nSPS) is 16.8. The van der Waals surface area contributed by atoms with Crippen LogP contribution in [0.4, 0.5) is 10.5 Å². The van der Waals surface area contributed by atoms with Crippen LogP contribution in [0.5, 0.6) is 5.75 Å². The lowest BCUT2D eigenvalue weighted by molar-refractivity contribution is -0.117. The van der Waals surface area contributed by atoms with Gasteiger partial charge >= 0.3 is 6.03 Å². The maximum Gasteiger partial charge on any atom is 0.317 e. The zero-order valence-electron chi connectivity index (χ0n) is 14.0. The fourth-order valence-electron chi connectivity index (χ4n) is 2.66. The van der Waals surface area contributed by atoms with Gasteiger partial charge in [-0.1, -0.05) is 11.2 Å². The number of benzene rings is 1. The van der Waals surface area contributed by atoms with Crippen molar-refractivity contribution in [3.63, 3.8) is 0 Å². The van der Waals surface area contributed by atoms with Crippen molar-refractivity contribution in [2.24, 2.45) is 0 Å².